The average Bonchev–Trinajstić information content (AvgIpc) is 2.36. The summed E-state index contributed by atoms with van der Waals surface area (Å²) < 4.78 is 0. The fourth-order valence-corrected chi connectivity index (χ4v) is 2.32. The molecule has 0 amide bonds. The van der Waals surface area contributed by atoms with Crippen molar-refractivity contribution in [1.29, 1.82) is 0 Å². The Bertz CT molecular complexity index is 656. The molecule has 1 aliphatic rings. The van der Waals surface area contributed by atoms with Crippen molar-refractivity contribution in [2.45, 2.75) is 0 Å². The molecule has 0 fully saturated rings. The Labute approximate surface area is 99.4 Å². The topological polar surface area (TPSA) is 43.1 Å². The molecule has 0 saturated heterocycles. The molecule has 0 saturated carbocycles. The minimum Gasteiger partial charge on any atom is -0.398 e. The molecule has 0 aromatic heterocycles. The zero-order chi connectivity index (χ0) is 12.0. The Hall–Kier alpha value is -2.35. The maximum atomic E-state index is 12.3. The Balaban J connectivity index is 2.37. The first kappa shape index (κ1) is 9.85. The van der Waals surface area contributed by atoms with Gasteiger partial charge in [0.05, 0.1) is 0 Å². The van der Waals surface area contributed by atoms with Crippen molar-refractivity contribution >= 4 is 17.0 Å². The summed E-state index contributed by atoms with van der Waals surface area (Å²) in [6, 6.07) is 12.9. The number of anilines is 1. The van der Waals surface area contributed by atoms with E-state index in [-0.39, 0.29) is 5.78 Å². The van der Waals surface area contributed by atoms with Crippen LogP contribution in [0.1, 0.15) is 27.0 Å². The van der Waals surface area contributed by atoms with Crippen LogP contribution in [0.5, 0.6) is 0 Å². The van der Waals surface area contributed by atoms with E-state index in [1.807, 2.05) is 24.3 Å². The Morgan fingerprint density at radius 3 is 2.29 bits per heavy atom. The largest absolute Gasteiger partial charge is 0.398 e. The van der Waals surface area contributed by atoms with Crippen LogP contribution in [0.2, 0.25) is 0 Å². The summed E-state index contributed by atoms with van der Waals surface area (Å²) in [5, 5.41) is 0. The number of hydrogen-bond donors (Lipinski definition) is 1. The molecule has 0 bridgehead atoms. The second-order valence-corrected chi connectivity index (χ2v) is 4.12. The van der Waals surface area contributed by atoms with Gasteiger partial charge < -0.3 is 5.73 Å². The lowest BCUT2D eigenvalue weighted by Crippen LogP contribution is -2.15. The fourth-order valence-electron chi connectivity index (χ4n) is 2.32. The molecule has 2 aromatic carbocycles. The molecule has 17 heavy (non-hydrogen) atoms. The van der Waals surface area contributed by atoms with Crippen LogP contribution >= 0.6 is 0 Å². The van der Waals surface area contributed by atoms with Gasteiger partial charge in [-0.2, -0.15) is 0 Å². The molecule has 0 heterocycles. The summed E-state index contributed by atoms with van der Waals surface area (Å²) in [6.45, 7) is 4.06. The lowest BCUT2D eigenvalue weighted by Gasteiger charge is -2.21. The molecule has 0 radical (unpaired) electrons. The highest BCUT2D eigenvalue weighted by Gasteiger charge is 2.26. The highest BCUT2D eigenvalue weighted by atomic mass is 16.1. The first-order valence-electron chi connectivity index (χ1n) is 5.42. The molecule has 0 unspecified atom stereocenters. The summed E-state index contributed by atoms with van der Waals surface area (Å²) in [6.07, 6.45) is 0. The molecular formula is C15H11NO. The van der Waals surface area contributed by atoms with Crippen LogP contribution in [-0.4, -0.2) is 5.78 Å². The number of rotatable bonds is 0. The number of carbonyl (C=O) groups excluding carboxylic acids is 1. The SMILES string of the molecule is C=C1c2ccccc2C(=O)c2cccc(N)c21. The van der Waals surface area contributed by atoms with Gasteiger partial charge in [-0.3, -0.25) is 4.79 Å². The number of carbonyl (C=O) groups is 1. The van der Waals surface area contributed by atoms with E-state index in [0.717, 1.165) is 16.7 Å². The van der Waals surface area contributed by atoms with Gasteiger partial charge in [0.25, 0.3) is 0 Å². The number of hydrogen-bond acceptors (Lipinski definition) is 2. The van der Waals surface area contributed by atoms with Gasteiger partial charge in [0.1, 0.15) is 0 Å². The van der Waals surface area contributed by atoms with Gasteiger partial charge in [-0.1, -0.05) is 43.0 Å². The minimum absolute atomic E-state index is 0.0234. The second-order valence-electron chi connectivity index (χ2n) is 4.12. The third-order valence-corrected chi connectivity index (χ3v) is 3.14. The average molecular weight is 221 g/mol. The number of ketones is 1. The number of fused-ring (bicyclic) bond motifs is 2. The van der Waals surface area contributed by atoms with Gasteiger partial charge in [-0.25, -0.2) is 0 Å². The van der Waals surface area contributed by atoms with Crippen molar-refractivity contribution in [3.63, 3.8) is 0 Å². The van der Waals surface area contributed by atoms with Crippen LogP contribution in [0, 0.1) is 0 Å². The fraction of sp³-hybridized carbons (Fsp3) is 0. The van der Waals surface area contributed by atoms with Gasteiger partial charge in [0.2, 0.25) is 0 Å². The van der Waals surface area contributed by atoms with Crippen LogP contribution < -0.4 is 5.73 Å². The van der Waals surface area contributed by atoms with E-state index in [0.29, 0.717) is 16.8 Å². The lowest BCUT2D eigenvalue weighted by molar-refractivity contribution is 0.103. The van der Waals surface area contributed by atoms with E-state index in [1.54, 1.807) is 18.2 Å². The van der Waals surface area contributed by atoms with Crippen molar-refractivity contribution in [3.8, 4) is 0 Å². The van der Waals surface area contributed by atoms with E-state index < -0.39 is 0 Å². The monoisotopic (exact) mass is 221 g/mol. The zero-order valence-electron chi connectivity index (χ0n) is 9.23. The predicted molar refractivity (Wildman–Crippen MR) is 68.9 cm³/mol. The molecule has 0 aliphatic heterocycles. The van der Waals surface area contributed by atoms with Gasteiger partial charge in [0.15, 0.2) is 5.78 Å². The summed E-state index contributed by atoms with van der Waals surface area (Å²) in [5.41, 5.74) is 10.4. The highest BCUT2D eigenvalue weighted by Crippen LogP contribution is 2.37. The molecule has 82 valence electrons. The van der Waals surface area contributed by atoms with Crippen molar-refractivity contribution in [2.75, 3.05) is 5.73 Å². The Morgan fingerprint density at radius 2 is 1.53 bits per heavy atom. The summed E-state index contributed by atoms with van der Waals surface area (Å²) in [4.78, 5) is 12.3. The highest BCUT2D eigenvalue weighted by molar-refractivity contribution is 6.19. The minimum atomic E-state index is 0.0234. The van der Waals surface area contributed by atoms with Crippen LogP contribution in [0.15, 0.2) is 49.0 Å². The molecule has 3 rings (SSSR count). The van der Waals surface area contributed by atoms with Crippen molar-refractivity contribution in [3.05, 3.63) is 71.3 Å². The maximum absolute atomic E-state index is 12.3. The summed E-state index contributed by atoms with van der Waals surface area (Å²) in [5.74, 6) is 0.0234. The molecule has 0 atom stereocenters. The zero-order valence-corrected chi connectivity index (χ0v) is 9.23. The van der Waals surface area contributed by atoms with E-state index >= 15 is 0 Å². The number of benzene rings is 2. The maximum Gasteiger partial charge on any atom is 0.194 e. The van der Waals surface area contributed by atoms with Gasteiger partial charge in [-0.05, 0) is 17.2 Å². The van der Waals surface area contributed by atoms with Crippen LogP contribution in [0.25, 0.3) is 5.57 Å². The molecule has 2 N–H and O–H groups in total. The van der Waals surface area contributed by atoms with E-state index in [9.17, 15) is 4.79 Å². The second kappa shape index (κ2) is 3.32. The third-order valence-electron chi connectivity index (χ3n) is 3.14. The molecular weight excluding hydrogens is 210 g/mol. The van der Waals surface area contributed by atoms with E-state index in [1.165, 1.54) is 0 Å². The first-order valence-corrected chi connectivity index (χ1v) is 5.42. The van der Waals surface area contributed by atoms with Crippen molar-refractivity contribution in [1.82, 2.24) is 0 Å². The van der Waals surface area contributed by atoms with Gasteiger partial charge in [0, 0.05) is 22.4 Å². The van der Waals surface area contributed by atoms with Crippen molar-refractivity contribution in [2.24, 2.45) is 0 Å². The van der Waals surface area contributed by atoms with Crippen molar-refractivity contribution < 1.29 is 4.79 Å². The number of nitrogens with two attached hydrogens (primary N) is 1. The van der Waals surface area contributed by atoms with Crippen LogP contribution in [-0.2, 0) is 0 Å². The molecule has 1 aliphatic carbocycles. The van der Waals surface area contributed by atoms with E-state index in [2.05, 4.69) is 6.58 Å². The Kier molecular flexibility index (Phi) is 1.92. The normalized spacial score (nSPS) is 13.2. The molecule has 2 aromatic rings. The molecule has 2 heteroatoms. The van der Waals surface area contributed by atoms with Crippen LogP contribution in [0.3, 0.4) is 0 Å². The predicted octanol–water partition coefficient (Wildman–Crippen LogP) is 2.87. The molecule has 2 nitrogen and oxygen atoms in total. The first-order chi connectivity index (χ1) is 8.20. The van der Waals surface area contributed by atoms with Gasteiger partial charge >= 0.3 is 0 Å². The summed E-state index contributed by atoms with van der Waals surface area (Å²) in [7, 11) is 0. The van der Waals surface area contributed by atoms with E-state index in [4.69, 9.17) is 5.73 Å². The summed E-state index contributed by atoms with van der Waals surface area (Å²) >= 11 is 0. The number of nitrogen functional groups attached to an aromatic ring is 1. The smallest absolute Gasteiger partial charge is 0.194 e. The van der Waals surface area contributed by atoms with Gasteiger partial charge in [-0.15, -0.1) is 0 Å². The standard InChI is InChI=1S/C15H11NO/c1-9-10-5-2-3-6-11(10)15(17)12-7-4-8-13(16)14(9)12/h2-8H,1,16H2. The third kappa shape index (κ3) is 1.24. The lowest BCUT2D eigenvalue weighted by atomic mass is 9.81. The van der Waals surface area contributed by atoms with Crippen LogP contribution in [0.4, 0.5) is 5.69 Å². The quantitative estimate of drug-likeness (QED) is 0.593. The Morgan fingerprint density at radius 1 is 0.882 bits per heavy atom. The molecule has 0 spiro atoms.